The lowest BCUT2D eigenvalue weighted by Gasteiger charge is -2.22. The molecule has 0 unspecified atom stereocenters. The maximum absolute atomic E-state index is 11.0. The quantitative estimate of drug-likeness (QED) is 0.555. The summed E-state index contributed by atoms with van der Waals surface area (Å²) < 4.78 is 0. The molecular formula is C16H25N3O2. The lowest BCUT2D eigenvalue weighted by atomic mass is 10.1. The van der Waals surface area contributed by atoms with Crippen molar-refractivity contribution in [2.45, 2.75) is 52.1 Å². The van der Waals surface area contributed by atoms with E-state index in [1.165, 1.54) is 25.7 Å². The summed E-state index contributed by atoms with van der Waals surface area (Å²) in [6, 6.07) is 6.16. The van der Waals surface area contributed by atoms with E-state index in [9.17, 15) is 10.1 Å². The molecule has 0 atom stereocenters. The first-order valence-corrected chi connectivity index (χ1v) is 7.91. The summed E-state index contributed by atoms with van der Waals surface area (Å²) in [6.07, 6.45) is 4.99. The van der Waals surface area contributed by atoms with Crippen molar-refractivity contribution in [1.82, 2.24) is 4.90 Å². The van der Waals surface area contributed by atoms with Gasteiger partial charge in [-0.15, -0.1) is 0 Å². The van der Waals surface area contributed by atoms with Crippen LogP contribution in [0.3, 0.4) is 0 Å². The molecular weight excluding hydrogens is 266 g/mol. The molecule has 0 aromatic heterocycles. The van der Waals surface area contributed by atoms with Gasteiger partial charge in [-0.05, 0) is 44.4 Å². The smallest absolute Gasteiger partial charge is 0.292 e. The second-order valence-corrected chi connectivity index (χ2v) is 5.69. The molecule has 1 aliphatic rings. The standard InChI is InChI=1S/C16H25N3O2/c1-3-5-10-18(14-7-8-14)12-13-6-9-16(19(20)21)15(11-13)17-4-2/h6,9,11,14,17H,3-5,7-8,10,12H2,1-2H3. The zero-order valence-electron chi connectivity index (χ0n) is 13.0. The number of anilines is 1. The maximum Gasteiger partial charge on any atom is 0.292 e. The topological polar surface area (TPSA) is 58.4 Å². The molecule has 116 valence electrons. The summed E-state index contributed by atoms with van der Waals surface area (Å²) in [7, 11) is 0. The van der Waals surface area contributed by atoms with E-state index in [0.717, 1.165) is 18.7 Å². The lowest BCUT2D eigenvalue weighted by Crippen LogP contribution is -2.26. The van der Waals surface area contributed by atoms with E-state index >= 15 is 0 Å². The average molecular weight is 291 g/mol. The number of nitro groups is 1. The summed E-state index contributed by atoms with van der Waals surface area (Å²) in [5.74, 6) is 0. The van der Waals surface area contributed by atoms with Crippen LogP contribution in [0.1, 0.15) is 45.1 Å². The van der Waals surface area contributed by atoms with Gasteiger partial charge < -0.3 is 5.32 Å². The van der Waals surface area contributed by atoms with Gasteiger partial charge in [0.15, 0.2) is 0 Å². The molecule has 5 heteroatoms. The number of nitrogens with zero attached hydrogens (tertiary/aromatic N) is 2. The van der Waals surface area contributed by atoms with Crippen LogP contribution in [0.4, 0.5) is 11.4 Å². The molecule has 1 aliphatic carbocycles. The van der Waals surface area contributed by atoms with Crippen LogP contribution in [0.15, 0.2) is 18.2 Å². The van der Waals surface area contributed by atoms with Crippen LogP contribution in [-0.4, -0.2) is 29.0 Å². The van der Waals surface area contributed by atoms with Crippen molar-refractivity contribution in [1.29, 1.82) is 0 Å². The maximum atomic E-state index is 11.0. The van der Waals surface area contributed by atoms with Gasteiger partial charge in [0, 0.05) is 25.2 Å². The number of hydrogen-bond acceptors (Lipinski definition) is 4. The number of hydrogen-bond donors (Lipinski definition) is 1. The van der Waals surface area contributed by atoms with Crippen LogP contribution in [0.5, 0.6) is 0 Å². The van der Waals surface area contributed by atoms with E-state index in [2.05, 4.69) is 17.1 Å². The SMILES string of the molecule is CCCCN(Cc1ccc([N+](=O)[O-])c(NCC)c1)C1CC1. The highest BCUT2D eigenvalue weighted by molar-refractivity contribution is 5.62. The van der Waals surface area contributed by atoms with Crippen molar-refractivity contribution >= 4 is 11.4 Å². The minimum Gasteiger partial charge on any atom is -0.380 e. The van der Waals surface area contributed by atoms with Gasteiger partial charge in [-0.25, -0.2) is 0 Å². The minimum absolute atomic E-state index is 0.159. The van der Waals surface area contributed by atoms with Crippen LogP contribution in [0, 0.1) is 10.1 Å². The summed E-state index contributed by atoms with van der Waals surface area (Å²) >= 11 is 0. The van der Waals surface area contributed by atoms with E-state index in [1.54, 1.807) is 6.07 Å². The first-order chi connectivity index (χ1) is 10.2. The fraction of sp³-hybridized carbons (Fsp3) is 0.625. The molecule has 1 aromatic rings. The normalized spacial score (nSPS) is 14.4. The fourth-order valence-corrected chi connectivity index (χ4v) is 2.60. The van der Waals surface area contributed by atoms with Crippen molar-refractivity contribution in [2.75, 3.05) is 18.4 Å². The summed E-state index contributed by atoms with van der Waals surface area (Å²) in [5, 5.41) is 14.1. The Kier molecular flexibility index (Phi) is 5.56. The molecule has 0 bridgehead atoms. The molecule has 1 aromatic carbocycles. The van der Waals surface area contributed by atoms with E-state index in [-0.39, 0.29) is 10.6 Å². The van der Waals surface area contributed by atoms with Crippen molar-refractivity contribution < 1.29 is 4.92 Å². The summed E-state index contributed by atoms with van der Waals surface area (Å²) in [5.41, 5.74) is 1.94. The van der Waals surface area contributed by atoms with Crippen molar-refractivity contribution in [2.24, 2.45) is 0 Å². The predicted molar refractivity (Wildman–Crippen MR) is 85.6 cm³/mol. The number of benzene rings is 1. The van der Waals surface area contributed by atoms with Gasteiger partial charge in [-0.3, -0.25) is 15.0 Å². The zero-order chi connectivity index (χ0) is 15.2. The van der Waals surface area contributed by atoms with Gasteiger partial charge in [0.05, 0.1) is 4.92 Å². The molecule has 2 rings (SSSR count). The second-order valence-electron chi connectivity index (χ2n) is 5.69. The predicted octanol–water partition coefficient (Wildman–Crippen LogP) is 3.79. The van der Waals surface area contributed by atoms with Crippen LogP contribution < -0.4 is 5.32 Å². The van der Waals surface area contributed by atoms with Gasteiger partial charge in [-0.2, -0.15) is 0 Å². The first-order valence-electron chi connectivity index (χ1n) is 7.91. The van der Waals surface area contributed by atoms with Crippen LogP contribution in [0.25, 0.3) is 0 Å². The van der Waals surface area contributed by atoms with Gasteiger partial charge in [0.25, 0.3) is 5.69 Å². The largest absolute Gasteiger partial charge is 0.380 e. The Morgan fingerprint density at radius 3 is 2.71 bits per heavy atom. The Labute approximate surface area is 126 Å². The van der Waals surface area contributed by atoms with E-state index in [1.807, 2.05) is 19.1 Å². The Balaban J connectivity index is 2.11. The lowest BCUT2D eigenvalue weighted by molar-refractivity contribution is -0.384. The van der Waals surface area contributed by atoms with Crippen molar-refractivity contribution in [3.05, 3.63) is 33.9 Å². The van der Waals surface area contributed by atoms with Gasteiger partial charge in [-0.1, -0.05) is 19.4 Å². The highest BCUT2D eigenvalue weighted by Crippen LogP contribution is 2.30. The molecule has 0 radical (unpaired) electrons. The van der Waals surface area contributed by atoms with E-state index < -0.39 is 0 Å². The van der Waals surface area contributed by atoms with Crippen LogP contribution >= 0.6 is 0 Å². The van der Waals surface area contributed by atoms with Crippen LogP contribution in [-0.2, 0) is 6.54 Å². The molecule has 1 saturated carbocycles. The Bertz CT molecular complexity index is 486. The Morgan fingerprint density at radius 2 is 2.14 bits per heavy atom. The van der Waals surface area contributed by atoms with E-state index in [4.69, 9.17) is 0 Å². The molecule has 1 N–H and O–H groups in total. The molecule has 21 heavy (non-hydrogen) atoms. The number of nitrogens with one attached hydrogen (secondary N) is 1. The fourth-order valence-electron chi connectivity index (χ4n) is 2.60. The number of unbranched alkanes of at least 4 members (excludes halogenated alkanes) is 1. The molecule has 0 spiro atoms. The highest BCUT2D eigenvalue weighted by atomic mass is 16.6. The number of rotatable bonds is 9. The van der Waals surface area contributed by atoms with Crippen molar-refractivity contribution in [3.63, 3.8) is 0 Å². The van der Waals surface area contributed by atoms with Crippen LogP contribution in [0.2, 0.25) is 0 Å². The highest BCUT2D eigenvalue weighted by Gasteiger charge is 2.28. The molecule has 0 saturated heterocycles. The number of nitro benzene ring substituents is 1. The molecule has 5 nitrogen and oxygen atoms in total. The first kappa shape index (κ1) is 15.8. The molecule has 0 heterocycles. The monoisotopic (exact) mass is 291 g/mol. The van der Waals surface area contributed by atoms with E-state index in [0.29, 0.717) is 18.3 Å². The third-order valence-electron chi connectivity index (χ3n) is 3.87. The van der Waals surface area contributed by atoms with Crippen molar-refractivity contribution in [3.8, 4) is 0 Å². The second kappa shape index (κ2) is 7.41. The Morgan fingerprint density at radius 1 is 1.38 bits per heavy atom. The third-order valence-corrected chi connectivity index (χ3v) is 3.87. The minimum atomic E-state index is -0.322. The Hall–Kier alpha value is -1.62. The molecule has 0 aliphatic heterocycles. The van der Waals surface area contributed by atoms with Gasteiger partial charge in [0.1, 0.15) is 5.69 Å². The third kappa shape index (κ3) is 4.43. The summed E-state index contributed by atoms with van der Waals surface area (Å²) in [4.78, 5) is 13.2. The average Bonchev–Trinajstić information content (AvgIpc) is 3.28. The zero-order valence-corrected chi connectivity index (χ0v) is 13.0. The van der Waals surface area contributed by atoms with Gasteiger partial charge >= 0.3 is 0 Å². The summed E-state index contributed by atoms with van der Waals surface area (Å²) in [6.45, 7) is 6.86. The molecule has 0 amide bonds. The van der Waals surface area contributed by atoms with Gasteiger partial charge in [0.2, 0.25) is 0 Å². The molecule has 1 fully saturated rings.